The molecule has 2 aromatic rings. The van der Waals surface area contributed by atoms with Crippen LogP contribution in [0.2, 0.25) is 0 Å². The molecule has 0 saturated heterocycles. The Morgan fingerprint density at radius 2 is 2.37 bits per heavy atom. The molecule has 4 nitrogen and oxygen atoms in total. The number of thiophene rings is 1. The van der Waals surface area contributed by atoms with E-state index in [1.807, 2.05) is 24.4 Å². The van der Waals surface area contributed by atoms with Gasteiger partial charge in [-0.05, 0) is 23.9 Å². The molecule has 6 heteroatoms. The highest BCUT2D eigenvalue weighted by Crippen LogP contribution is 2.27. The van der Waals surface area contributed by atoms with Crippen molar-refractivity contribution >= 4 is 23.1 Å². The summed E-state index contributed by atoms with van der Waals surface area (Å²) < 4.78 is 14.0. The quantitative estimate of drug-likeness (QED) is 0.879. The van der Waals surface area contributed by atoms with Gasteiger partial charge in [-0.15, -0.1) is 11.3 Å². The summed E-state index contributed by atoms with van der Waals surface area (Å²) in [5, 5.41) is 13.8. The summed E-state index contributed by atoms with van der Waals surface area (Å²) in [7, 11) is 0. The standard InChI is InChI=1S/C13H13FN2O2S/c1-2-9(10-4-3-7-19-10)16-12-11(14)8(13(17)18)5-6-15-12/h3-7,9H,2H2,1H3,(H,15,16)(H,17,18). The first-order chi connectivity index (χ1) is 9.13. The maximum Gasteiger partial charge on any atom is 0.338 e. The van der Waals surface area contributed by atoms with Gasteiger partial charge in [0, 0.05) is 11.1 Å². The van der Waals surface area contributed by atoms with Gasteiger partial charge in [0.1, 0.15) is 5.56 Å². The molecular weight excluding hydrogens is 267 g/mol. The molecule has 0 saturated carbocycles. The maximum atomic E-state index is 14.0. The second-order valence-corrected chi connectivity index (χ2v) is 4.93. The first-order valence-corrected chi connectivity index (χ1v) is 6.69. The van der Waals surface area contributed by atoms with E-state index in [-0.39, 0.29) is 17.4 Å². The highest BCUT2D eigenvalue weighted by atomic mass is 32.1. The Morgan fingerprint density at radius 3 is 2.95 bits per heavy atom. The van der Waals surface area contributed by atoms with Crippen LogP contribution in [-0.2, 0) is 0 Å². The lowest BCUT2D eigenvalue weighted by Gasteiger charge is -2.16. The molecule has 1 atom stereocenters. The molecular formula is C13H13FN2O2S. The van der Waals surface area contributed by atoms with Crippen LogP contribution in [0.15, 0.2) is 29.8 Å². The molecule has 0 aliphatic rings. The van der Waals surface area contributed by atoms with Gasteiger partial charge in [0.15, 0.2) is 11.6 Å². The number of hydrogen-bond donors (Lipinski definition) is 2. The zero-order valence-electron chi connectivity index (χ0n) is 10.3. The number of halogens is 1. The van der Waals surface area contributed by atoms with E-state index in [1.165, 1.54) is 6.20 Å². The molecule has 0 fully saturated rings. The molecule has 0 aliphatic carbocycles. The van der Waals surface area contributed by atoms with Crippen molar-refractivity contribution in [1.82, 2.24) is 4.98 Å². The van der Waals surface area contributed by atoms with E-state index < -0.39 is 11.8 Å². The minimum absolute atomic E-state index is 0.0276. The van der Waals surface area contributed by atoms with Gasteiger partial charge in [-0.25, -0.2) is 14.2 Å². The van der Waals surface area contributed by atoms with Gasteiger partial charge in [-0.2, -0.15) is 0 Å². The third-order valence-electron chi connectivity index (χ3n) is 2.73. The highest BCUT2D eigenvalue weighted by Gasteiger charge is 2.18. The van der Waals surface area contributed by atoms with E-state index in [0.717, 1.165) is 17.4 Å². The number of anilines is 1. The average molecular weight is 280 g/mol. The van der Waals surface area contributed by atoms with Crippen LogP contribution in [0.25, 0.3) is 0 Å². The maximum absolute atomic E-state index is 14.0. The summed E-state index contributed by atoms with van der Waals surface area (Å²) in [6, 6.07) is 4.94. The average Bonchev–Trinajstić information content (AvgIpc) is 2.91. The SMILES string of the molecule is CCC(Nc1nccc(C(=O)O)c1F)c1cccs1. The minimum Gasteiger partial charge on any atom is -0.478 e. The van der Waals surface area contributed by atoms with E-state index >= 15 is 0 Å². The molecule has 0 radical (unpaired) electrons. The van der Waals surface area contributed by atoms with Crippen LogP contribution in [0, 0.1) is 5.82 Å². The molecule has 2 aromatic heterocycles. The lowest BCUT2D eigenvalue weighted by atomic mass is 10.2. The van der Waals surface area contributed by atoms with Crippen LogP contribution in [0.4, 0.5) is 10.2 Å². The van der Waals surface area contributed by atoms with Gasteiger partial charge < -0.3 is 10.4 Å². The Bertz CT molecular complexity index is 572. The van der Waals surface area contributed by atoms with E-state index in [2.05, 4.69) is 10.3 Å². The van der Waals surface area contributed by atoms with Gasteiger partial charge in [-0.1, -0.05) is 13.0 Å². The summed E-state index contributed by atoms with van der Waals surface area (Å²) >= 11 is 1.56. The second kappa shape index (κ2) is 5.79. The van der Waals surface area contributed by atoms with Crippen molar-refractivity contribution in [3.63, 3.8) is 0 Å². The number of aromatic carboxylic acids is 1. The normalized spacial score (nSPS) is 12.1. The van der Waals surface area contributed by atoms with Crippen molar-refractivity contribution in [1.29, 1.82) is 0 Å². The first-order valence-electron chi connectivity index (χ1n) is 5.81. The first kappa shape index (κ1) is 13.5. The predicted octanol–water partition coefficient (Wildman–Crippen LogP) is 3.54. The molecule has 0 amide bonds. The zero-order chi connectivity index (χ0) is 13.8. The molecule has 0 spiro atoms. The van der Waals surface area contributed by atoms with E-state index in [0.29, 0.717) is 0 Å². The van der Waals surface area contributed by atoms with Crippen LogP contribution in [0.5, 0.6) is 0 Å². The van der Waals surface area contributed by atoms with Crippen molar-refractivity contribution < 1.29 is 14.3 Å². The van der Waals surface area contributed by atoms with Crippen molar-refractivity contribution in [3.8, 4) is 0 Å². The molecule has 0 aromatic carbocycles. The molecule has 1 unspecified atom stereocenters. The topological polar surface area (TPSA) is 62.2 Å². The van der Waals surface area contributed by atoms with Crippen LogP contribution < -0.4 is 5.32 Å². The third kappa shape index (κ3) is 2.90. The van der Waals surface area contributed by atoms with Crippen molar-refractivity contribution in [3.05, 3.63) is 46.0 Å². The Morgan fingerprint density at radius 1 is 1.58 bits per heavy atom. The summed E-state index contributed by atoms with van der Waals surface area (Å²) in [6.45, 7) is 1.97. The zero-order valence-corrected chi connectivity index (χ0v) is 11.1. The lowest BCUT2D eigenvalue weighted by Crippen LogP contribution is -2.13. The van der Waals surface area contributed by atoms with Crippen LogP contribution >= 0.6 is 11.3 Å². The van der Waals surface area contributed by atoms with Crippen LogP contribution in [0.3, 0.4) is 0 Å². The summed E-state index contributed by atoms with van der Waals surface area (Å²) in [5.41, 5.74) is -0.376. The number of rotatable bonds is 5. The molecule has 0 bridgehead atoms. The fourth-order valence-electron chi connectivity index (χ4n) is 1.74. The van der Waals surface area contributed by atoms with Crippen molar-refractivity contribution in [2.24, 2.45) is 0 Å². The number of pyridine rings is 1. The Hall–Kier alpha value is -1.95. The fraction of sp³-hybridized carbons (Fsp3) is 0.231. The number of aromatic nitrogens is 1. The Kier molecular flexibility index (Phi) is 4.11. The molecule has 19 heavy (non-hydrogen) atoms. The third-order valence-corrected chi connectivity index (χ3v) is 3.71. The smallest absolute Gasteiger partial charge is 0.338 e. The largest absolute Gasteiger partial charge is 0.478 e. The lowest BCUT2D eigenvalue weighted by molar-refractivity contribution is 0.0692. The van der Waals surface area contributed by atoms with Gasteiger partial charge >= 0.3 is 5.97 Å². The Balaban J connectivity index is 2.28. The number of nitrogens with one attached hydrogen (secondary N) is 1. The molecule has 2 N–H and O–H groups in total. The fourth-order valence-corrected chi connectivity index (χ4v) is 2.60. The predicted molar refractivity (Wildman–Crippen MR) is 72.1 cm³/mol. The number of carbonyl (C=O) groups is 1. The van der Waals surface area contributed by atoms with E-state index in [1.54, 1.807) is 11.3 Å². The summed E-state index contributed by atoms with van der Waals surface area (Å²) in [4.78, 5) is 15.8. The summed E-state index contributed by atoms with van der Waals surface area (Å²) in [6.07, 6.45) is 2.04. The van der Waals surface area contributed by atoms with Crippen LogP contribution in [-0.4, -0.2) is 16.1 Å². The van der Waals surface area contributed by atoms with Gasteiger partial charge in [0.05, 0.1) is 6.04 Å². The minimum atomic E-state index is -1.30. The highest BCUT2D eigenvalue weighted by molar-refractivity contribution is 7.10. The molecule has 100 valence electrons. The van der Waals surface area contributed by atoms with Gasteiger partial charge in [-0.3, -0.25) is 0 Å². The van der Waals surface area contributed by atoms with Crippen molar-refractivity contribution in [2.75, 3.05) is 5.32 Å². The molecule has 2 rings (SSSR count). The van der Waals surface area contributed by atoms with Gasteiger partial charge in [0.2, 0.25) is 0 Å². The van der Waals surface area contributed by atoms with Crippen LogP contribution in [0.1, 0.15) is 34.6 Å². The van der Waals surface area contributed by atoms with Gasteiger partial charge in [0.25, 0.3) is 0 Å². The number of nitrogens with zero attached hydrogens (tertiary/aromatic N) is 1. The monoisotopic (exact) mass is 280 g/mol. The summed E-state index contributed by atoms with van der Waals surface area (Å²) in [5.74, 6) is -2.16. The molecule has 2 heterocycles. The van der Waals surface area contributed by atoms with E-state index in [9.17, 15) is 9.18 Å². The molecule has 0 aliphatic heterocycles. The number of hydrogen-bond acceptors (Lipinski definition) is 4. The Labute approximate surface area is 113 Å². The number of carboxylic acids is 1. The van der Waals surface area contributed by atoms with Crippen molar-refractivity contribution in [2.45, 2.75) is 19.4 Å². The second-order valence-electron chi connectivity index (χ2n) is 3.95. The number of carboxylic acid groups (broad SMARTS) is 1. The van der Waals surface area contributed by atoms with E-state index in [4.69, 9.17) is 5.11 Å².